The van der Waals surface area contributed by atoms with Crippen molar-refractivity contribution in [2.75, 3.05) is 6.54 Å². The minimum absolute atomic E-state index is 0.122. The summed E-state index contributed by atoms with van der Waals surface area (Å²) in [6.45, 7) is 2.98. The lowest BCUT2D eigenvalue weighted by Crippen LogP contribution is -2.42. The molecule has 1 aromatic rings. The van der Waals surface area contributed by atoms with Crippen LogP contribution in [0.25, 0.3) is 0 Å². The first-order valence-corrected chi connectivity index (χ1v) is 7.17. The second kappa shape index (κ2) is 6.15. The summed E-state index contributed by atoms with van der Waals surface area (Å²) >= 11 is 4.91. The molecule has 1 aliphatic heterocycles. The fourth-order valence-corrected chi connectivity index (χ4v) is 2.75. The Morgan fingerprint density at radius 3 is 2.95 bits per heavy atom. The van der Waals surface area contributed by atoms with Gasteiger partial charge in [0.2, 0.25) is 0 Å². The van der Waals surface area contributed by atoms with Crippen molar-refractivity contribution in [3.8, 4) is 0 Å². The summed E-state index contributed by atoms with van der Waals surface area (Å²) in [5.41, 5.74) is 7.29. The number of nitrogens with two attached hydrogens (primary N) is 1. The Bertz CT molecular complexity index is 487. The maximum absolute atomic E-state index is 12.5. The lowest BCUT2D eigenvalue weighted by molar-refractivity contribution is 0.0635. The van der Waals surface area contributed by atoms with Crippen LogP contribution in [0.1, 0.15) is 42.1 Å². The highest BCUT2D eigenvalue weighted by Gasteiger charge is 2.24. The summed E-state index contributed by atoms with van der Waals surface area (Å²) in [5, 5.41) is 0. The molecule has 1 fully saturated rings. The van der Waals surface area contributed by atoms with Crippen molar-refractivity contribution in [1.29, 1.82) is 0 Å². The smallest absolute Gasteiger partial charge is 0.254 e. The van der Waals surface area contributed by atoms with Crippen LogP contribution in [0.3, 0.4) is 0 Å². The predicted octanol–water partition coefficient (Wildman–Crippen LogP) is 2.53. The normalized spacial score (nSPS) is 19.2. The van der Waals surface area contributed by atoms with Crippen LogP contribution >= 0.6 is 12.2 Å². The number of amides is 1. The van der Waals surface area contributed by atoms with E-state index in [0.717, 1.165) is 30.5 Å². The van der Waals surface area contributed by atoms with E-state index in [2.05, 4.69) is 6.92 Å². The standard InChI is InChI=1S/C15H20N2OS/c1-11-5-2-3-8-17(11)15(18)13-7-4-6-12(9-13)10-14(16)19/h4,6-7,9,11H,2-3,5,8,10H2,1H3,(H2,16,19). The Labute approximate surface area is 119 Å². The zero-order valence-electron chi connectivity index (χ0n) is 11.3. The molecule has 2 N–H and O–H groups in total. The van der Waals surface area contributed by atoms with E-state index in [1.165, 1.54) is 6.42 Å². The highest BCUT2D eigenvalue weighted by Crippen LogP contribution is 2.19. The molecule has 0 aliphatic carbocycles. The molecule has 1 saturated heterocycles. The number of carbonyl (C=O) groups excluding carboxylic acids is 1. The molecule has 0 saturated carbocycles. The van der Waals surface area contributed by atoms with Gasteiger partial charge in [-0.15, -0.1) is 0 Å². The van der Waals surface area contributed by atoms with Crippen LogP contribution in [-0.2, 0) is 6.42 Å². The van der Waals surface area contributed by atoms with Crippen LogP contribution in [-0.4, -0.2) is 28.4 Å². The molecule has 2 rings (SSSR count). The number of benzene rings is 1. The molecule has 102 valence electrons. The largest absolute Gasteiger partial charge is 0.393 e. The van der Waals surface area contributed by atoms with Gasteiger partial charge in [0.1, 0.15) is 0 Å². The third-order valence-corrected chi connectivity index (χ3v) is 3.76. The van der Waals surface area contributed by atoms with E-state index in [0.29, 0.717) is 17.5 Å². The molecule has 0 bridgehead atoms. The number of hydrogen-bond acceptors (Lipinski definition) is 2. The molecular weight excluding hydrogens is 256 g/mol. The molecule has 4 heteroatoms. The molecule has 1 unspecified atom stereocenters. The Morgan fingerprint density at radius 1 is 1.47 bits per heavy atom. The summed E-state index contributed by atoms with van der Waals surface area (Å²) in [5.74, 6) is 0.122. The van der Waals surface area contributed by atoms with Gasteiger partial charge in [0.15, 0.2) is 0 Å². The number of likely N-dealkylation sites (tertiary alicyclic amines) is 1. The van der Waals surface area contributed by atoms with Gasteiger partial charge in [0.05, 0.1) is 4.99 Å². The number of thiocarbonyl (C=S) groups is 1. The first-order chi connectivity index (χ1) is 9.08. The average molecular weight is 276 g/mol. The SMILES string of the molecule is CC1CCCCN1C(=O)c1cccc(CC(N)=S)c1. The van der Waals surface area contributed by atoms with Gasteiger partial charge in [0, 0.05) is 24.6 Å². The fourth-order valence-electron chi connectivity index (χ4n) is 2.58. The molecule has 1 atom stereocenters. The summed E-state index contributed by atoms with van der Waals surface area (Å²) in [4.78, 5) is 14.9. The van der Waals surface area contributed by atoms with Crippen LogP contribution in [0.15, 0.2) is 24.3 Å². The zero-order valence-corrected chi connectivity index (χ0v) is 12.1. The van der Waals surface area contributed by atoms with E-state index in [1.807, 2.05) is 29.2 Å². The van der Waals surface area contributed by atoms with Crippen LogP contribution in [0, 0.1) is 0 Å². The van der Waals surface area contributed by atoms with E-state index in [9.17, 15) is 4.79 Å². The highest BCUT2D eigenvalue weighted by molar-refractivity contribution is 7.80. The molecular formula is C15H20N2OS. The van der Waals surface area contributed by atoms with Crippen LogP contribution in [0.5, 0.6) is 0 Å². The van der Waals surface area contributed by atoms with E-state index < -0.39 is 0 Å². The van der Waals surface area contributed by atoms with Crippen LogP contribution < -0.4 is 5.73 Å². The third-order valence-electron chi connectivity index (χ3n) is 3.62. The van der Waals surface area contributed by atoms with Crippen molar-refractivity contribution in [2.45, 2.75) is 38.6 Å². The molecule has 0 spiro atoms. The van der Waals surface area contributed by atoms with Crippen molar-refractivity contribution in [1.82, 2.24) is 4.90 Å². The Balaban J connectivity index is 2.16. The van der Waals surface area contributed by atoms with E-state index in [4.69, 9.17) is 18.0 Å². The summed E-state index contributed by atoms with van der Waals surface area (Å²) in [6.07, 6.45) is 3.96. The minimum atomic E-state index is 0.122. The molecule has 1 aromatic carbocycles. The van der Waals surface area contributed by atoms with Gasteiger partial charge >= 0.3 is 0 Å². The minimum Gasteiger partial charge on any atom is -0.393 e. The number of hydrogen-bond donors (Lipinski definition) is 1. The van der Waals surface area contributed by atoms with Gasteiger partial charge in [-0.05, 0) is 43.9 Å². The molecule has 3 nitrogen and oxygen atoms in total. The van der Waals surface area contributed by atoms with E-state index >= 15 is 0 Å². The summed E-state index contributed by atoms with van der Waals surface area (Å²) < 4.78 is 0. The van der Waals surface area contributed by atoms with Gasteiger partial charge in [-0.2, -0.15) is 0 Å². The lowest BCUT2D eigenvalue weighted by Gasteiger charge is -2.33. The number of rotatable bonds is 3. The Kier molecular flexibility index (Phi) is 4.53. The second-order valence-corrected chi connectivity index (χ2v) is 5.71. The number of nitrogens with zero attached hydrogens (tertiary/aromatic N) is 1. The van der Waals surface area contributed by atoms with Crippen molar-refractivity contribution >= 4 is 23.1 Å². The van der Waals surface area contributed by atoms with Crippen molar-refractivity contribution in [2.24, 2.45) is 5.73 Å². The highest BCUT2D eigenvalue weighted by atomic mass is 32.1. The Morgan fingerprint density at radius 2 is 2.26 bits per heavy atom. The quantitative estimate of drug-likeness (QED) is 0.863. The van der Waals surface area contributed by atoms with Gasteiger partial charge in [-0.1, -0.05) is 24.4 Å². The molecule has 1 amide bonds. The average Bonchev–Trinajstić information content (AvgIpc) is 2.38. The van der Waals surface area contributed by atoms with Gasteiger partial charge < -0.3 is 10.6 Å². The molecule has 19 heavy (non-hydrogen) atoms. The van der Waals surface area contributed by atoms with Crippen molar-refractivity contribution < 1.29 is 4.79 Å². The number of carbonyl (C=O) groups is 1. The fraction of sp³-hybridized carbons (Fsp3) is 0.467. The predicted molar refractivity (Wildman–Crippen MR) is 81.3 cm³/mol. The monoisotopic (exact) mass is 276 g/mol. The summed E-state index contributed by atoms with van der Waals surface area (Å²) in [7, 11) is 0. The molecule has 1 heterocycles. The van der Waals surface area contributed by atoms with Crippen LogP contribution in [0.4, 0.5) is 0 Å². The van der Waals surface area contributed by atoms with Crippen molar-refractivity contribution in [3.63, 3.8) is 0 Å². The molecule has 1 aliphatic rings. The van der Waals surface area contributed by atoms with Crippen molar-refractivity contribution in [3.05, 3.63) is 35.4 Å². The summed E-state index contributed by atoms with van der Waals surface area (Å²) in [6, 6.07) is 7.96. The first kappa shape index (κ1) is 14.0. The first-order valence-electron chi connectivity index (χ1n) is 6.76. The van der Waals surface area contributed by atoms with E-state index in [1.54, 1.807) is 0 Å². The lowest BCUT2D eigenvalue weighted by atomic mass is 10.0. The third kappa shape index (κ3) is 3.53. The topological polar surface area (TPSA) is 46.3 Å². The number of piperidine rings is 1. The second-order valence-electron chi connectivity index (χ2n) is 5.19. The molecule has 0 aromatic heterocycles. The zero-order chi connectivity index (χ0) is 13.8. The molecule has 0 radical (unpaired) electrons. The van der Waals surface area contributed by atoms with Gasteiger partial charge in [-0.3, -0.25) is 4.79 Å². The van der Waals surface area contributed by atoms with E-state index in [-0.39, 0.29) is 5.91 Å². The van der Waals surface area contributed by atoms with Gasteiger partial charge in [-0.25, -0.2) is 0 Å². The maximum Gasteiger partial charge on any atom is 0.254 e. The Hall–Kier alpha value is -1.42. The van der Waals surface area contributed by atoms with Gasteiger partial charge in [0.25, 0.3) is 5.91 Å². The van der Waals surface area contributed by atoms with Crippen LogP contribution in [0.2, 0.25) is 0 Å². The maximum atomic E-state index is 12.5.